The second-order valence-electron chi connectivity index (χ2n) is 5.04. The van der Waals surface area contributed by atoms with E-state index in [4.69, 9.17) is 9.15 Å². The summed E-state index contributed by atoms with van der Waals surface area (Å²) in [5, 5.41) is 0. The van der Waals surface area contributed by atoms with Crippen LogP contribution in [0.5, 0.6) is 5.75 Å². The summed E-state index contributed by atoms with van der Waals surface area (Å²) >= 11 is 1.81. The standard InChI is InChI=1S/C19H19NO2S/c1-2-21-18-11-7-6-10-16(18)13-23-14-17-12-22-19(20-17)15-8-4-3-5-9-15/h3-12H,2,13-14H2,1H3. The lowest BCUT2D eigenvalue weighted by molar-refractivity contribution is 0.337. The van der Waals surface area contributed by atoms with Crippen LogP contribution in [0.15, 0.2) is 65.3 Å². The van der Waals surface area contributed by atoms with Gasteiger partial charge in [0.05, 0.1) is 12.3 Å². The zero-order chi connectivity index (χ0) is 15.9. The first-order valence-corrected chi connectivity index (χ1v) is 8.80. The average molecular weight is 325 g/mol. The Bertz CT molecular complexity index is 740. The van der Waals surface area contributed by atoms with Gasteiger partial charge in [-0.3, -0.25) is 0 Å². The summed E-state index contributed by atoms with van der Waals surface area (Å²) in [7, 11) is 0. The summed E-state index contributed by atoms with van der Waals surface area (Å²) in [6, 6.07) is 18.1. The van der Waals surface area contributed by atoms with Crippen LogP contribution in [0.1, 0.15) is 18.2 Å². The van der Waals surface area contributed by atoms with E-state index in [1.54, 1.807) is 18.0 Å². The predicted octanol–water partition coefficient (Wildman–Crippen LogP) is 5.17. The highest BCUT2D eigenvalue weighted by atomic mass is 32.2. The van der Waals surface area contributed by atoms with Crippen molar-refractivity contribution in [3.8, 4) is 17.2 Å². The van der Waals surface area contributed by atoms with E-state index in [-0.39, 0.29) is 0 Å². The predicted molar refractivity (Wildman–Crippen MR) is 94.5 cm³/mol. The van der Waals surface area contributed by atoms with Gasteiger partial charge in [0.15, 0.2) is 0 Å². The van der Waals surface area contributed by atoms with Crippen molar-refractivity contribution in [2.75, 3.05) is 6.61 Å². The van der Waals surface area contributed by atoms with E-state index in [1.807, 2.05) is 55.5 Å². The zero-order valence-corrected chi connectivity index (χ0v) is 13.9. The quantitative estimate of drug-likeness (QED) is 0.600. The summed E-state index contributed by atoms with van der Waals surface area (Å²) in [6.07, 6.45) is 1.74. The van der Waals surface area contributed by atoms with Gasteiger partial charge in [0, 0.05) is 22.6 Å². The van der Waals surface area contributed by atoms with Crippen molar-refractivity contribution < 1.29 is 9.15 Å². The Kier molecular flexibility index (Phi) is 5.37. The lowest BCUT2D eigenvalue weighted by Gasteiger charge is -2.09. The molecule has 4 heteroatoms. The minimum absolute atomic E-state index is 0.677. The maximum absolute atomic E-state index is 5.65. The van der Waals surface area contributed by atoms with Crippen LogP contribution >= 0.6 is 11.8 Å². The fraction of sp³-hybridized carbons (Fsp3) is 0.211. The first-order chi connectivity index (χ1) is 11.4. The maximum atomic E-state index is 5.65. The Morgan fingerprint density at radius 3 is 2.61 bits per heavy atom. The van der Waals surface area contributed by atoms with Crippen molar-refractivity contribution in [3.05, 3.63) is 72.1 Å². The van der Waals surface area contributed by atoms with Crippen LogP contribution in [0.2, 0.25) is 0 Å². The molecule has 0 unspecified atom stereocenters. The summed E-state index contributed by atoms with van der Waals surface area (Å²) in [4.78, 5) is 4.55. The molecule has 3 aromatic rings. The van der Waals surface area contributed by atoms with Gasteiger partial charge in [0.2, 0.25) is 5.89 Å². The molecule has 3 rings (SSSR count). The molecule has 0 N–H and O–H groups in total. The molecular weight excluding hydrogens is 306 g/mol. The first-order valence-electron chi connectivity index (χ1n) is 7.65. The molecule has 3 nitrogen and oxygen atoms in total. The van der Waals surface area contributed by atoms with Crippen molar-refractivity contribution >= 4 is 11.8 Å². The lowest BCUT2D eigenvalue weighted by atomic mass is 10.2. The highest BCUT2D eigenvalue weighted by molar-refractivity contribution is 7.97. The highest BCUT2D eigenvalue weighted by Crippen LogP contribution is 2.26. The molecule has 0 aliphatic heterocycles. The minimum atomic E-state index is 0.677. The Morgan fingerprint density at radius 1 is 1.00 bits per heavy atom. The van der Waals surface area contributed by atoms with Crippen molar-refractivity contribution in [3.63, 3.8) is 0 Å². The van der Waals surface area contributed by atoms with Gasteiger partial charge in [-0.05, 0) is 25.1 Å². The number of oxazole rings is 1. The topological polar surface area (TPSA) is 35.3 Å². The fourth-order valence-corrected chi connectivity index (χ4v) is 3.17. The van der Waals surface area contributed by atoms with Gasteiger partial charge in [-0.2, -0.15) is 11.8 Å². The van der Waals surface area contributed by atoms with Gasteiger partial charge < -0.3 is 9.15 Å². The number of aromatic nitrogens is 1. The van der Waals surface area contributed by atoms with Crippen LogP contribution in [0.4, 0.5) is 0 Å². The van der Waals surface area contributed by atoms with E-state index < -0.39 is 0 Å². The van der Waals surface area contributed by atoms with E-state index in [2.05, 4.69) is 11.1 Å². The van der Waals surface area contributed by atoms with Gasteiger partial charge in [0.25, 0.3) is 0 Å². The van der Waals surface area contributed by atoms with Crippen LogP contribution in [-0.2, 0) is 11.5 Å². The molecule has 0 saturated carbocycles. The van der Waals surface area contributed by atoms with E-state index in [0.717, 1.165) is 28.5 Å². The molecule has 0 aliphatic carbocycles. The molecule has 0 saturated heterocycles. The largest absolute Gasteiger partial charge is 0.494 e. The number of rotatable bonds is 7. The number of nitrogens with zero attached hydrogens (tertiary/aromatic N) is 1. The summed E-state index contributed by atoms with van der Waals surface area (Å²) < 4.78 is 11.2. The number of thioether (sulfide) groups is 1. The lowest BCUT2D eigenvalue weighted by Crippen LogP contribution is -1.95. The minimum Gasteiger partial charge on any atom is -0.494 e. The third-order valence-electron chi connectivity index (χ3n) is 3.35. The molecule has 0 amide bonds. The molecule has 23 heavy (non-hydrogen) atoms. The van der Waals surface area contributed by atoms with Crippen molar-refractivity contribution in [1.29, 1.82) is 0 Å². The Balaban J connectivity index is 1.59. The van der Waals surface area contributed by atoms with Crippen molar-refractivity contribution in [1.82, 2.24) is 4.98 Å². The van der Waals surface area contributed by atoms with Gasteiger partial charge in [-0.1, -0.05) is 36.4 Å². The molecule has 0 bridgehead atoms. The second-order valence-corrected chi connectivity index (χ2v) is 6.03. The van der Waals surface area contributed by atoms with E-state index in [1.165, 1.54) is 5.56 Å². The molecule has 1 heterocycles. The summed E-state index contributed by atoms with van der Waals surface area (Å²) in [5.74, 6) is 3.35. The molecule has 1 aromatic heterocycles. The van der Waals surface area contributed by atoms with E-state index >= 15 is 0 Å². The van der Waals surface area contributed by atoms with Crippen LogP contribution < -0.4 is 4.74 Å². The van der Waals surface area contributed by atoms with E-state index in [9.17, 15) is 0 Å². The number of para-hydroxylation sites is 1. The molecule has 0 fully saturated rings. The number of ether oxygens (including phenoxy) is 1. The Hall–Kier alpha value is -2.20. The number of hydrogen-bond acceptors (Lipinski definition) is 4. The molecule has 118 valence electrons. The van der Waals surface area contributed by atoms with Gasteiger partial charge in [-0.25, -0.2) is 4.98 Å². The number of benzene rings is 2. The molecule has 2 aromatic carbocycles. The summed E-state index contributed by atoms with van der Waals surface area (Å²) in [5.41, 5.74) is 3.18. The number of hydrogen-bond donors (Lipinski definition) is 0. The monoisotopic (exact) mass is 325 g/mol. The van der Waals surface area contributed by atoms with Crippen LogP contribution in [0.3, 0.4) is 0 Å². The molecule has 0 radical (unpaired) electrons. The van der Waals surface area contributed by atoms with Gasteiger partial charge >= 0.3 is 0 Å². The fourth-order valence-electron chi connectivity index (χ4n) is 2.27. The normalized spacial score (nSPS) is 10.7. The Morgan fingerprint density at radius 2 is 1.78 bits per heavy atom. The second kappa shape index (κ2) is 7.88. The third kappa shape index (κ3) is 4.17. The maximum Gasteiger partial charge on any atom is 0.226 e. The Labute approximate surface area is 140 Å². The van der Waals surface area contributed by atoms with Crippen LogP contribution in [-0.4, -0.2) is 11.6 Å². The molecular formula is C19H19NO2S. The van der Waals surface area contributed by atoms with Crippen LogP contribution in [0, 0.1) is 0 Å². The first kappa shape index (κ1) is 15.7. The van der Waals surface area contributed by atoms with Crippen molar-refractivity contribution in [2.24, 2.45) is 0 Å². The van der Waals surface area contributed by atoms with Crippen molar-refractivity contribution in [2.45, 2.75) is 18.4 Å². The smallest absolute Gasteiger partial charge is 0.226 e. The van der Waals surface area contributed by atoms with E-state index in [0.29, 0.717) is 12.5 Å². The van der Waals surface area contributed by atoms with Crippen LogP contribution in [0.25, 0.3) is 11.5 Å². The zero-order valence-electron chi connectivity index (χ0n) is 13.1. The van der Waals surface area contributed by atoms with Gasteiger partial charge in [0.1, 0.15) is 12.0 Å². The third-order valence-corrected chi connectivity index (χ3v) is 4.37. The molecule has 0 aliphatic rings. The van der Waals surface area contributed by atoms with Gasteiger partial charge in [-0.15, -0.1) is 0 Å². The SMILES string of the molecule is CCOc1ccccc1CSCc1coc(-c2ccccc2)n1. The molecule has 0 spiro atoms. The average Bonchev–Trinajstić information content (AvgIpc) is 3.06. The highest BCUT2D eigenvalue weighted by Gasteiger charge is 2.07. The summed E-state index contributed by atoms with van der Waals surface area (Å²) in [6.45, 7) is 2.69. The molecule has 0 atom stereocenters.